The van der Waals surface area contributed by atoms with Crippen LogP contribution in [0.1, 0.15) is 24.1 Å². The van der Waals surface area contributed by atoms with Crippen molar-refractivity contribution >= 4 is 33.2 Å². The van der Waals surface area contributed by atoms with Crippen LogP contribution >= 0.6 is 11.6 Å². The molecule has 0 heterocycles. The fourth-order valence-corrected chi connectivity index (χ4v) is 3.41. The number of sulfonamides is 1. The second kappa shape index (κ2) is 8.05. The van der Waals surface area contributed by atoms with Gasteiger partial charge in [-0.25, -0.2) is 12.8 Å². The first-order valence-corrected chi connectivity index (χ1v) is 10.1. The summed E-state index contributed by atoms with van der Waals surface area (Å²) in [5.41, 5.74) is 1.83. The zero-order valence-corrected chi connectivity index (χ0v) is 16.2. The first-order chi connectivity index (χ1) is 12.1. The molecule has 26 heavy (non-hydrogen) atoms. The molecule has 0 aliphatic heterocycles. The number of rotatable bonds is 6. The van der Waals surface area contributed by atoms with Crippen molar-refractivity contribution in [3.63, 3.8) is 0 Å². The minimum atomic E-state index is -3.68. The maximum absolute atomic E-state index is 13.0. The number of nitrogens with one attached hydrogen (secondary N) is 1. The predicted octanol–water partition coefficient (Wildman–Crippen LogP) is 3.43. The van der Waals surface area contributed by atoms with E-state index in [1.165, 1.54) is 18.2 Å². The Morgan fingerprint density at radius 3 is 2.38 bits per heavy atom. The second-order valence-corrected chi connectivity index (χ2v) is 8.36. The summed E-state index contributed by atoms with van der Waals surface area (Å²) in [5, 5.41) is 3.13. The molecule has 2 aromatic rings. The van der Waals surface area contributed by atoms with E-state index >= 15 is 0 Å². The van der Waals surface area contributed by atoms with Crippen LogP contribution in [0.15, 0.2) is 42.5 Å². The summed E-state index contributed by atoms with van der Waals surface area (Å²) in [5.74, 6) is -0.851. The average Bonchev–Trinajstić information content (AvgIpc) is 2.55. The highest BCUT2D eigenvalue weighted by atomic mass is 35.5. The van der Waals surface area contributed by atoms with Gasteiger partial charge in [-0.2, -0.15) is 0 Å². The standard InChI is InChI=1S/C18H20ClFN2O3S/c1-12-4-9-16(10-17(12)19)22(26(3,24)25)11-18(23)21-13(2)14-5-7-15(20)8-6-14/h4-10,13H,11H2,1-3H3,(H,21,23)/t13-/m1/s1. The minimum Gasteiger partial charge on any atom is -0.348 e. The van der Waals surface area contributed by atoms with Gasteiger partial charge < -0.3 is 5.32 Å². The smallest absolute Gasteiger partial charge is 0.241 e. The van der Waals surface area contributed by atoms with Crippen LogP contribution in [-0.2, 0) is 14.8 Å². The molecule has 5 nitrogen and oxygen atoms in total. The van der Waals surface area contributed by atoms with Gasteiger partial charge in [0, 0.05) is 5.02 Å². The molecular weight excluding hydrogens is 379 g/mol. The molecule has 0 saturated carbocycles. The lowest BCUT2D eigenvalue weighted by Gasteiger charge is -2.23. The lowest BCUT2D eigenvalue weighted by Crippen LogP contribution is -2.41. The van der Waals surface area contributed by atoms with Gasteiger partial charge in [-0.1, -0.05) is 29.8 Å². The number of carbonyl (C=O) groups is 1. The van der Waals surface area contributed by atoms with Gasteiger partial charge in [0.25, 0.3) is 0 Å². The fraction of sp³-hybridized carbons (Fsp3) is 0.278. The monoisotopic (exact) mass is 398 g/mol. The first kappa shape index (κ1) is 20.2. The number of carbonyl (C=O) groups excluding carboxylic acids is 1. The molecule has 1 atom stereocenters. The van der Waals surface area contributed by atoms with Crippen LogP contribution in [0.4, 0.5) is 10.1 Å². The van der Waals surface area contributed by atoms with Crippen LogP contribution in [0.3, 0.4) is 0 Å². The largest absolute Gasteiger partial charge is 0.348 e. The Morgan fingerprint density at radius 2 is 1.85 bits per heavy atom. The molecular formula is C18H20ClFN2O3S. The summed E-state index contributed by atoms with van der Waals surface area (Å²) in [7, 11) is -3.68. The van der Waals surface area contributed by atoms with Crippen molar-refractivity contribution in [1.29, 1.82) is 0 Å². The van der Waals surface area contributed by atoms with Crippen molar-refractivity contribution in [2.75, 3.05) is 17.1 Å². The topological polar surface area (TPSA) is 66.5 Å². The third-order valence-corrected chi connectivity index (χ3v) is 5.43. The minimum absolute atomic E-state index is 0.313. The normalized spacial score (nSPS) is 12.5. The fourth-order valence-electron chi connectivity index (χ4n) is 2.39. The van der Waals surface area contributed by atoms with Crippen LogP contribution in [0.5, 0.6) is 0 Å². The summed E-state index contributed by atoms with van der Waals surface area (Å²) in [4.78, 5) is 12.4. The molecule has 8 heteroatoms. The van der Waals surface area contributed by atoms with Crippen molar-refractivity contribution in [3.05, 3.63) is 64.4 Å². The molecule has 1 amide bonds. The maximum Gasteiger partial charge on any atom is 0.241 e. The van der Waals surface area contributed by atoms with Gasteiger partial charge in [0.05, 0.1) is 18.0 Å². The molecule has 0 aromatic heterocycles. The molecule has 0 radical (unpaired) electrons. The molecule has 140 valence electrons. The number of benzene rings is 2. The Labute approximate surface area is 157 Å². The van der Waals surface area contributed by atoms with E-state index in [2.05, 4.69) is 5.32 Å². The molecule has 0 saturated heterocycles. The van der Waals surface area contributed by atoms with E-state index in [1.807, 2.05) is 0 Å². The van der Waals surface area contributed by atoms with E-state index in [0.29, 0.717) is 16.3 Å². The van der Waals surface area contributed by atoms with E-state index in [0.717, 1.165) is 16.1 Å². The van der Waals surface area contributed by atoms with Crippen molar-refractivity contribution < 1.29 is 17.6 Å². The Hall–Kier alpha value is -2.12. The average molecular weight is 399 g/mol. The van der Waals surface area contributed by atoms with Crippen LogP contribution in [-0.4, -0.2) is 27.1 Å². The highest BCUT2D eigenvalue weighted by Crippen LogP contribution is 2.25. The first-order valence-electron chi connectivity index (χ1n) is 7.86. The maximum atomic E-state index is 13.0. The summed E-state index contributed by atoms with van der Waals surface area (Å²) in [6.45, 7) is 3.15. The molecule has 0 bridgehead atoms. The SMILES string of the molecule is Cc1ccc(N(CC(=O)N[C@H](C)c2ccc(F)cc2)S(C)(=O)=O)cc1Cl. The van der Waals surface area contributed by atoms with Gasteiger partial charge in [0.15, 0.2) is 0 Å². The number of halogens is 2. The highest BCUT2D eigenvalue weighted by Gasteiger charge is 2.22. The van der Waals surface area contributed by atoms with Gasteiger partial charge in [-0.05, 0) is 49.2 Å². The van der Waals surface area contributed by atoms with Gasteiger partial charge in [0.2, 0.25) is 15.9 Å². The molecule has 0 aliphatic carbocycles. The van der Waals surface area contributed by atoms with Crippen LogP contribution in [0.2, 0.25) is 5.02 Å². The number of hydrogen-bond donors (Lipinski definition) is 1. The van der Waals surface area contributed by atoms with Crippen LogP contribution < -0.4 is 9.62 Å². The van der Waals surface area contributed by atoms with Crippen molar-refractivity contribution in [1.82, 2.24) is 5.32 Å². The predicted molar refractivity (Wildman–Crippen MR) is 101 cm³/mol. The number of hydrogen-bond acceptors (Lipinski definition) is 3. The Kier molecular flexibility index (Phi) is 6.26. The molecule has 1 N–H and O–H groups in total. The van der Waals surface area contributed by atoms with Crippen molar-refractivity contribution in [2.24, 2.45) is 0 Å². The van der Waals surface area contributed by atoms with E-state index in [9.17, 15) is 17.6 Å². The number of aryl methyl sites for hydroxylation is 1. The molecule has 0 spiro atoms. The van der Waals surface area contributed by atoms with Crippen molar-refractivity contribution in [2.45, 2.75) is 19.9 Å². The quantitative estimate of drug-likeness (QED) is 0.810. The number of amides is 1. The summed E-state index contributed by atoms with van der Waals surface area (Å²) in [6.07, 6.45) is 1.03. The molecule has 2 rings (SSSR count). The Bertz CT molecular complexity index is 901. The summed E-state index contributed by atoms with van der Waals surface area (Å²) < 4.78 is 38.2. The highest BCUT2D eigenvalue weighted by molar-refractivity contribution is 7.92. The van der Waals surface area contributed by atoms with Gasteiger partial charge in [-0.15, -0.1) is 0 Å². The van der Waals surface area contributed by atoms with Gasteiger partial charge in [0.1, 0.15) is 12.4 Å². The zero-order chi connectivity index (χ0) is 19.5. The van der Waals surface area contributed by atoms with E-state index < -0.39 is 22.0 Å². The third-order valence-electron chi connectivity index (χ3n) is 3.88. The van der Waals surface area contributed by atoms with E-state index in [-0.39, 0.29) is 12.4 Å². The summed E-state index contributed by atoms with van der Waals surface area (Å²) >= 11 is 6.07. The lowest BCUT2D eigenvalue weighted by atomic mass is 10.1. The molecule has 0 aliphatic rings. The van der Waals surface area contributed by atoms with E-state index in [4.69, 9.17) is 11.6 Å². The van der Waals surface area contributed by atoms with Crippen LogP contribution in [0.25, 0.3) is 0 Å². The van der Waals surface area contributed by atoms with Gasteiger partial charge in [-0.3, -0.25) is 9.10 Å². The summed E-state index contributed by atoms with van der Waals surface area (Å²) in [6, 6.07) is 10.1. The molecule has 2 aromatic carbocycles. The van der Waals surface area contributed by atoms with E-state index in [1.54, 1.807) is 38.1 Å². The Morgan fingerprint density at radius 1 is 1.23 bits per heavy atom. The van der Waals surface area contributed by atoms with Gasteiger partial charge >= 0.3 is 0 Å². The van der Waals surface area contributed by atoms with Crippen LogP contribution in [0, 0.1) is 12.7 Å². The van der Waals surface area contributed by atoms with Crippen molar-refractivity contribution in [3.8, 4) is 0 Å². The second-order valence-electron chi connectivity index (χ2n) is 6.04. The lowest BCUT2D eigenvalue weighted by molar-refractivity contribution is -0.120. The number of anilines is 1. The third kappa shape index (κ3) is 5.19. The Balaban J connectivity index is 2.16. The zero-order valence-electron chi connectivity index (χ0n) is 14.7. The number of nitrogens with zero attached hydrogens (tertiary/aromatic N) is 1. The molecule has 0 fully saturated rings. The molecule has 0 unspecified atom stereocenters.